The summed E-state index contributed by atoms with van der Waals surface area (Å²) in [5, 5.41) is 4.97. The Morgan fingerprint density at radius 2 is 0.792 bits per heavy atom. The van der Waals surface area contributed by atoms with E-state index < -0.39 is 0 Å². The zero-order valence-electron chi connectivity index (χ0n) is 40.2. The minimum absolute atomic E-state index is 0.103. The van der Waals surface area contributed by atoms with Gasteiger partial charge >= 0.3 is 0 Å². The third-order valence-electron chi connectivity index (χ3n) is 15.3. The van der Waals surface area contributed by atoms with E-state index >= 15 is 0 Å². The topological polar surface area (TPSA) is 13.1 Å². The maximum Gasteiger partial charge on any atom is 0.0547 e. The largest absolute Gasteiger partial charge is 0.310 e. The number of anilines is 3. The van der Waals surface area contributed by atoms with Crippen LogP contribution < -0.4 is 4.90 Å². The Hall–Kier alpha value is -9.18. The molecule has 0 amide bonds. The maximum absolute atomic E-state index is 2.47. The summed E-state index contributed by atoms with van der Waals surface area (Å²) < 4.78 is 4.87. The molecule has 0 saturated carbocycles. The lowest BCUT2D eigenvalue weighted by molar-refractivity contribution is 0.660. The SMILES string of the molecule is CC1(C)c2ccccc2-c2ccc(-n3c4ccccc4c4ccc(-c5cccc(N(c6cccc(-c7ccccc7)c6)c6cccc(-c7cccc8c7c7ccccc7n8-c7ccccc7)c6)c5)cc43)cc21. The van der Waals surface area contributed by atoms with Gasteiger partial charge in [0, 0.05) is 55.4 Å². The van der Waals surface area contributed by atoms with Crippen LogP contribution in [0.1, 0.15) is 25.0 Å². The standard InChI is InChI=1S/C69H49N3/c1-69(2)62-33-12-9-29-57(62)58-40-38-55(45-63(58)69)72-64-34-13-10-30-59(64)60-39-37-49(44-67(60)72)48-22-16-27-53(42-48)70(52-26-15-21-47(41-52)46-19-5-3-6-20-46)54-28-17-23-50(43-54)56-32-18-36-66-68(56)61-31-11-14-35-65(61)71(66)51-24-7-4-8-25-51/h3-45H,1-2H3. The van der Waals surface area contributed by atoms with E-state index in [4.69, 9.17) is 0 Å². The Kier molecular flexibility index (Phi) is 9.56. The molecule has 3 nitrogen and oxygen atoms in total. The Morgan fingerprint density at radius 1 is 0.292 bits per heavy atom. The lowest BCUT2D eigenvalue weighted by atomic mass is 9.82. The average molecular weight is 920 g/mol. The Morgan fingerprint density at radius 3 is 1.54 bits per heavy atom. The summed E-state index contributed by atoms with van der Waals surface area (Å²) in [6.45, 7) is 4.73. The van der Waals surface area contributed by atoms with E-state index in [1.54, 1.807) is 0 Å². The van der Waals surface area contributed by atoms with E-state index in [1.165, 1.54) is 88.2 Å². The van der Waals surface area contributed by atoms with Gasteiger partial charge < -0.3 is 14.0 Å². The third kappa shape index (κ3) is 6.58. The van der Waals surface area contributed by atoms with Crippen molar-refractivity contribution < 1.29 is 0 Å². The second kappa shape index (κ2) is 16.5. The molecule has 340 valence electrons. The first-order valence-electron chi connectivity index (χ1n) is 25.0. The highest BCUT2D eigenvalue weighted by Gasteiger charge is 2.35. The predicted molar refractivity (Wildman–Crippen MR) is 304 cm³/mol. The Balaban J connectivity index is 0.924. The minimum Gasteiger partial charge on any atom is -0.310 e. The molecule has 2 heterocycles. The summed E-state index contributed by atoms with van der Waals surface area (Å²) in [6, 6.07) is 95.9. The number of nitrogens with zero attached hydrogens (tertiary/aromatic N) is 3. The van der Waals surface area contributed by atoms with Crippen LogP contribution in [0.4, 0.5) is 17.1 Å². The number of aromatic nitrogens is 2. The molecule has 0 atom stereocenters. The van der Waals surface area contributed by atoms with Crippen molar-refractivity contribution >= 4 is 60.7 Å². The molecule has 0 spiro atoms. The van der Waals surface area contributed by atoms with Gasteiger partial charge in [0.2, 0.25) is 0 Å². The van der Waals surface area contributed by atoms with Crippen LogP contribution in [0.25, 0.3) is 99.5 Å². The summed E-state index contributed by atoms with van der Waals surface area (Å²) in [4.78, 5) is 2.42. The van der Waals surface area contributed by atoms with Crippen LogP contribution in [0, 0.1) is 0 Å². The highest BCUT2D eigenvalue weighted by molar-refractivity contribution is 6.16. The fourth-order valence-corrected chi connectivity index (χ4v) is 11.9. The van der Waals surface area contributed by atoms with E-state index in [9.17, 15) is 0 Å². The summed E-state index contributed by atoms with van der Waals surface area (Å²) in [7, 11) is 0. The first-order valence-corrected chi connectivity index (χ1v) is 25.0. The normalized spacial score (nSPS) is 12.7. The molecule has 72 heavy (non-hydrogen) atoms. The number of fused-ring (bicyclic) bond motifs is 9. The Labute approximate surface area is 419 Å². The molecule has 11 aromatic carbocycles. The zero-order valence-corrected chi connectivity index (χ0v) is 40.2. The van der Waals surface area contributed by atoms with Gasteiger partial charge in [-0.1, -0.05) is 190 Å². The van der Waals surface area contributed by atoms with E-state index in [1.807, 2.05) is 0 Å². The van der Waals surface area contributed by atoms with Gasteiger partial charge in [0.1, 0.15) is 0 Å². The monoisotopic (exact) mass is 919 g/mol. The van der Waals surface area contributed by atoms with Gasteiger partial charge in [-0.25, -0.2) is 0 Å². The molecule has 0 radical (unpaired) electrons. The van der Waals surface area contributed by atoms with E-state index in [2.05, 4.69) is 289 Å². The molecule has 0 fully saturated rings. The van der Waals surface area contributed by atoms with Crippen LogP contribution in [0.2, 0.25) is 0 Å². The number of benzene rings is 11. The lowest BCUT2D eigenvalue weighted by Gasteiger charge is -2.27. The molecule has 3 heteroatoms. The van der Waals surface area contributed by atoms with Crippen molar-refractivity contribution in [2.75, 3.05) is 4.90 Å². The quantitative estimate of drug-likeness (QED) is 0.148. The highest BCUT2D eigenvalue weighted by Crippen LogP contribution is 2.50. The maximum atomic E-state index is 2.47. The fraction of sp³-hybridized carbons (Fsp3) is 0.0435. The van der Waals surface area contributed by atoms with Gasteiger partial charge in [0.15, 0.2) is 0 Å². The molecule has 13 aromatic rings. The summed E-state index contributed by atoms with van der Waals surface area (Å²) in [5.41, 5.74) is 22.7. The minimum atomic E-state index is -0.103. The fourth-order valence-electron chi connectivity index (χ4n) is 11.9. The van der Waals surface area contributed by atoms with Crippen molar-refractivity contribution in [1.29, 1.82) is 0 Å². The molecular formula is C69H49N3. The van der Waals surface area contributed by atoms with Crippen molar-refractivity contribution in [2.24, 2.45) is 0 Å². The van der Waals surface area contributed by atoms with Crippen LogP contribution in [-0.4, -0.2) is 9.13 Å². The molecule has 0 aliphatic heterocycles. The summed E-state index contributed by atoms with van der Waals surface area (Å²) in [5.74, 6) is 0. The van der Waals surface area contributed by atoms with Crippen LogP contribution in [-0.2, 0) is 5.41 Å². The molecular weight excluding hydrogens is 871 g/mol. The van der Waals surface area contributed by atoms with Crippen LogP contribution in [0.5, 0.6) is 0 Å². The van der Waals surface area contributed by atoms with E-state index in [0.717, 1.165) is 39.4 Å². The summed E-state index contributed by atoms with van der Waals surface area (Å²) >= 11 is 0. The van der Waals surface area contributed by atoms with Gasteiger partial charge in [0.05, 0.1) is 22.1 Å². The molecule has 1 aliphatic carbocycles. The van der Waals surface area contributed by atoms with Crippen molar-refractivity contribution in [2.45, 2.75) is 19.3 Å². The van der Waals surface area contributed by atoms with Gasteiger partial charge in [-0.15, -0.1) is 0 Å². The van der Waals surface area contributed by atoms with Crippen LogP contribution in [0.3, 0.4) is 0 Å². The number of hydrogen-bond acceptors (Lipinski definition) is 1. The zero-order chi connectivity index (χ0) is 47.9. The second-order valence-electron chi connectivity index (χ2n) is 19.7. The molecule has 0 unspecified atom stereocenters. The molecule has 0 N–H and O–H groups in total. The van der Waals surface area contributed by atoms with Crippen LogP contribution in [0.15, 0.2) is 261 Å². The average Bonchev–Trinajstić information content (AvgIpc) is 4.04. The first-order chi connectivity index (χ1) is 35.5. The van der Waals surface area contributed by atoms with Gasteiger partial charge in [-0.3, -0.25) is 0 Å². The number of hydrogen-bond donors (Lipinski definition) is 0. The number of para-hydroxylation sites is 3. The van der Waals surface area contributed by atoms with Gasteiger partial charge in [-0.05, 0) is 141 Å². The van der Waals surface area contributed by atoms with Crippen molar-refractivity contribution in [3.63, 3.8) is 0 Å². The third-order valence-corrected chi connectivity index (χ3v) is 15.3. The smallest absolute Gasteiger partial charge is 0.0547 e. The van der Waals surface area contributed by atoms with Crippen molar-refractivity contribution in [3.8, 4) is 55.9 Å². The Bertz CT molecular complexity index is 4250. The van der Waals surface area contributed by atoms with Crippen molar-refractivity contribution in [3.05, 3.63) is 272 Å². The molecule has 1 aliphatic rings. The number of rotatable bonds is 8. The molecule has 0 saturated heterocycles. The van der Waals surface area contributed by atoms with Crippen molar-refractivity contribution in [1.82, 2.24) is 9.13 Å². The lowest BCUT2D eigenvalue weighted by Crippen LogP contribution is -2.15. The summed E-state index contributed by atoms with van der Waals surface area (Å²) in [6.07, 6.45) is 0. The highest BCUT2D eigenvalue weighted by atomic mass is 15.1. The van der Waals surface area contributed by atoms with E-state index in [-0.39, 0.29) is 5.41 Å². The second-order valence-corrected chi connectivity index (χ2v) is 19.7. The van der Waals surface area contributed by atoms with Gasteiger partial charge in [-0.2, -0.15) is 0 Å². The molecule has 14 rings (SSSR count). The van der Waals surface area contributed by atoms with Crippen LogP contribution >= 0.6 is 0 Å². The molecule has 2 aromatic heterocycles. The predicted octanol–water partition coefficient (Wildman–Crippen LogP) is 18.7. The van der Waals surface area contributed by atoms with E-state index in [0.29, 0.717) is 0 Å². The first kappa shape index (κ1) is 41.8. The molecule has 0 bridgehead atoms. The van der Waals surface area contributed by atoms with Gasteiger partial charge in [0.25, 0.3) is 0 Å².